The maximum atomic E-state index is 12.9. The number of fused-ring (bicyclic) bond motifs is 4. The Bertz CT molecular complexity index is 1080. The van der Waals surface area contributed by atoms with E-state index >= 15 is 0 Å². The number of carboxylic acids is 1. The monoisotopic (exact) mass is 528 g/mol. The Balaban J connectivity index is 1.77. The lowest BCUT2D eigenvalue weighted by molar-refractivity contribution is -0.155. The Kier molecular flexibility index (Phi) is 7.34. The number of allylic oxidation sites excluding steroid dienone is 2. The van der Waals surface area contributed by atoms with Crippen LogP contribution in [-0.4, -0.2) is 40.1 Å². The standard InChI is InChI=1S/C32H48O6/c1-18(10-9-11-19(2)28(36)37)22-16-26(38-20(3)33)32(8)27-21(12-15-31(22,32)7)30(6)14-13-25(35)29(4,5)24(30)17-23(27)34/h11,18,22-24,26,34H,9-10,12-17H2,1-8H3,(H,36,37)/b19-11-. The molecule has 2 saturated carbocycles. The van der Waals surface area contributed by atoms with Gasteiger partial charge in [-0.1, -0.05) is 53.2 Å². The van der Waals surface area contributed by atoms with Crippen LogP contribution >= 0.6 is 0 Å². The van der Waals surface area contributed by atoms with Gasteiger partial charge in [-0.25, -0.2) is 4.79 Å². The highest BCUT2D eigenvalue weighted by molar-refractivity contribution is 5.86. The molecule has 6 nitrogen and oxygen atoms in total. The van der Waals surface area contributed by atoms with E-state index in [1.807, 2.05) is 0 Å². The minimum Gasteiger partial charge on any atom is -0.478 e. The van der Waals surface area contributed by atoms with Gasteiger partial charge in [0.1, 0.15) is 11.9 Å². The summed E-state index contributed by atoms with van der Waals surface area (Å²) in [6, 6.07) is 0. The van der Waals surface area contributed by atoms with Gasteiger partial charge in [-0.2, -0.15) is 0 Å². The zero-order valence-corrected chi connectivity index (χ0v) is 24.6. The first-order valence-electron chi connectivity index (χ1n) is 14.5. The fourth-order valence-corrected chi connectivity index (χ4v) is 9.57. The molecule has 0 saturated heterocycles. The molecule has 4 rings (SSSR count). The number of esters is 1. The molecule has 212 valence electrons. The zero-order chi connectivity index (χ0) is 28.4. The number of hydrogen-bond acceptors (Lipinski definition) is 5. The molecule has 6 heteroatoms. The number of aliphatic hydroxyl groups is 1. The van der Waals surface area contributed by atoms with Crippen LogP contribution in [0.3, 0.4) is 0 Å². The summed E-state index contributed by atoms with van der Waals surface area (Å²) in [5.41, 5.74) is 1.45. The van der Waals surface area contributed by atoms with Crippen LogP contribution in [0.1, 0.15) is 107 Å². The molecule has 0 spiro atoms. The second-order valence-electron chi connectivity index (χ2n) is 14.1. The van der Waals surface area contributed by atoms with Gasteiger partial charge in [0.2, 0.25) is 0 Å². The highest BCUT2D eigenvalue weighted by Gasteiger charge is 2.69. The van der Waals surface area contributed by atoms with Gasteiger partial charge in [0, 0.05) is 29.7 Å². The minimum atomic E-state index is -0.884. The number of carboxylic acid groups (broad SMARTS) is 1. The molecule has 0 aromatic rings. The third-order valence-electron chi connectivity index (χ3n) is 12.0. The summed E-state index contributed by atoms with van der Waals surface area (Å²) in [7, 11) is 0. The van der Waals surface area contributed by atoms with Crippen molar-refractivity contribution in [2.24, 2.45) is 39.4 Å². The Morgan fingerprint density at radius 3 is 2.34 bits per heavy atom. The number of Topliss-reactive ketones (excluding diaryl/α,β-unsaturated/α-hetero) is 1. The number of ether oxygens (including phenoxy) is 1. The number of hydrogen-bond donors (Lipinski definition) is 2. The van der Waals surface area contributed by atoms with Gasteiger partial charge in [-0.3, -0.25) is 9.59 Å². The normalized spacial score (nSPS) is 41.2. The molecule has 0 radical (unpaired) electrons. The highest BCUT2D eigenvalue weighted by atomic mass is 16.5. The van der Waals surface area contributed by atoms with Gasteiger partial charge in [0.15, 0.2) is 0 Å². The Hall–Kier alpha value is -1.95. The van der Waals surface area contributed by atoms with Gasteiger partial charge < -0.3 is 14.9 Å². The lowest BCUT2D eigenvalue weighted by atomic mass is 9.42. The van der Waals surface area contributed by atoms with Crippen molar-refractivity contribution < 1.29 is 29.3 Å². The lowest BCUT2D eigenvalue weighted by Gasteiger charge is -2.62. The predicted molar refractivity (Wildman–Crippen MR) is 146 cm³/mol. The number of aliphatic hydroxyl groups excluding tert-OH is 1. The molecule has 0 aromatic heterocycles. The number of carbonyl (C=O) groups excluding carboxylic acids is 2. The van der Waals surface area contributed by atoms with Crippen LogP contribution in [0, 0.1) is 39.4 Å². The summed E-state index contributed by atoms with van der Waals surface area (Å²) < 4.78 is 6.10. The molecular formula is C32H48O6. The SMILES string of the molecule is CC(=O)OC1CC(C(C)CC/C=C(/C)C(=O)O)C2(C)CCC3=C(C(O)CC4C(C)(C)C(=O)CCC34C)C12C. The summed E-state index contributed by atoms with van der Waals surface area (Å²) in [5.74, 6) is -0.223. The first-order chi connectivity index (χ1) is 17.5. The Morgan fingerprint density at radius 2 is 1.74 bits per heavy atom. The van der Waals surface area contributed by atoms with Gasteiger partial charge in [0.05, 0.1) is 6.10 Å². The van der Waals surface area contributed by atoms with E-state index in [1.54, 1.807) is 13.0 Å². The van der Waals surface area contributed by atoms with Crippen molar-refractivity contribution in [1.82, 2.24) is 0 Å². The number of rotatable bonds is 6. The van der Waals surface area contributed by atoms with Crippen LogP contribution < -0.4 is 0 Å². The van der Waals surface area contributed by atoms with E-state index in [-0.39, 0.29) is 34.7 Å². The molecule has 0 heterocycles. The molecule has 4 aliphatic rings. The van der Waals surface area contributed by atoms with Crippen molar-refractivity contribution in [3.63, 3.8) is 0 Å². The molecule has 2 fully saturated rings. The number of aliphatic carboxylic acids is 1. The van der Waals surface area contributed by atoms with Gasteiger partial charge in [-0.15, -0.1) is 0 Å². The van der Waals surface area contributed by atoms with Gasteiger partial charge in [0.25, 0.3) is 0 Å². The summed E-state index contributed by atoms with van der Waals surface area (Å²) >= 11 is 0. The van der Waals surface area contributed by atoms with Crippen LogP contribution in [-0.2, 0) is 19.1 Å². The summed E-state index contributed by atoms with van der Waals surface area (Å²) in [6.45, 7) is 16.3. The van der Waals surface area contributed by atoms with E-state index in [9.17, 15) is 24.6 Å². The Labute approximate surface area is 228 Å². The molecule has 0 aromatic carbocycles. The third kappa shape index (κ3) is 4.12. The Morgan fingerprint density at radius 1 is 1.08 bits per heavy atom. The van der Waals surface area contributed by atoms with Crippen molar-refractivity contribution in [2.75, 3.05) is 0 Å². The van der Waals surface area contributed by atoms with Crippen molar-refractivity contribution >= 4 is 17.7 Å². The maximum Gasteiger partial charge on any atom is 0.330 e. The molecule has 8 unspecified atom stereocenters. The van der Waals surface area contributed by atoms with Crippen LogP contribution in [0.5, 0.6) is 0 Å². The van der Waals surface area contributed by atoms with Crippen LogP contribution in [0.2, 0.25) is 0 Å². The highest BCUT2D eigenvalue weighted by Crippen LogP contribution is 2.72. The van der Waals surface area contributed by atoms with Gasteiger partial charge in [-0.05, 0) is 86.0 Å². The van der Waals surface area contributed by atoms with E-state index < -0.39 is 22.9 Å². The predicted octanol–water partition coefficient (Wildman–Crippen LogP) is 6.26. The molecular weight excluding hydrogens is 480 g/mol. The first-order valence-corrected chi connectivity index (χ1v) is 14.5. The van der Waals surface area contributed by atoms with Crippen molar-refractivity contribution in [3.8, 4) is 0 Å². The molecule has 38 heavy (non-hydrogen) atoms. The van der Waals surface area contributed by atoms with E-state index in [0.29, 0.717) is 36.5 Å². The minimum absolute atomic E-state index is 0.0884. The third-order valence-corrected chi connectivity index (χ3v) is 12.0. The van der Waals surface area contributed by atoms with Crippen LogP contribution in [0.25, 0.3) is 0 Å². The van der Waals surface area contributed by atoms with Crippen LogP contribution in [0.15, 0.2) is 22.8 Å². The average molecular weight is 529 g/mol. The zero-order valence-electron chi connectivity index (χ0n) is 24.6. The largest absolute Gasteiger partial charge is 0.478 e. The fraction of sp³-hybridized carbons (Fsp3) is 0.781. The molecule has 0 aliphatic heterocycles. The molecule has 0 bridgehead atoms. The van der Waals surface area contributed by atoms with E-state index in [2.05, 4.69) is 41.5 Å². The van der Waals surface area contributed by atoms with Crippen molar-refractivity contribution in [3.05, 3.63) is 22.8 Å². The first kappa shape index (κ1) is 29.0. The fourth-order valence-electron chi connectivity index (χ4n) is 9.57. The molecule has 2 N–H and O–H groups in total. The van der Waals surface area contributed by atoms with E-state index in [1.165, 1.54) is 12.5 Å². The second kappa shape index (κ2) is 9.60. The summed E-state index contributed by atoms with van der Waals surface area (Å²) in [5, 5.41) is 21.1. The van der Waals surface area contributed by atoms with E-state index in [4.69, 9.17) is 4.74 Å². The summed E-state index contributed by atoms with van der Waals surface area (Å²) in [4.78, 5) is 36.5. The van der Waals surface area contributed by atoms with Gasteiger partial charge >= 0.3 is 11.9 Å². The van der Waals surface area contributed by atoms with Crippen molar-refractivity contribution in [1.29, 1.82) is 0 Å². The molecule has 0 amide bonds. The topological polar surface area (TPSA) is 101 Å². The average Bonchev–Trinajstić information content (AvgIpc) is 3.05. The van der Waals surface area contributed by atoms with E-state index in [0.717, 1.165) is 37.7 Å². The smallest absolute Gasteiger partial charge is 0.330 e. The lowest BCUT2D eigenvalue weighted by Crippen LogP contribution is -2.58. The quantitative estimate of drug-likeness (QED) is 0.240. The van der Waals surface area contributed by atoms with Crippen LogP contribution in [0.4, 0.5) is 0 Å². The molecule has 8 atom stereocenters. The number of carbonyl (C=O) groups is 3. The number of ketones is 1. The maximum absolute atomic E-state index is 12.9. The summed E-state index contributed by atoms with van der Waals surface area (Å²) in [6.07, 6.45) is 6.89. The molecule has 4 aliphatic carbocycles. The van der Waals surface area contributed by atoms with Crippen molar-refractivity contribution in [2.45, 2.75) is 119 Å². The second-order valence-corrected chi connectivity index (χ2v) is 14.1.